The maximum Gasteiger partial charge on any atom is 0.287 e. The van der Waals surface area contributed by atoms with Crippen LogP contribution in [0.2, 0.25) is 5.02 Å². The molecule has 2 heterocycles. The number of nitrogens with one attached hydrogen (secondary N) is 1. The summed E-state index contributed by atoms with van der Waals surface area (Å²) in [7, 11) is 0. The van der Waals surface area contributed by atoms with Crippen LogP contribution >= 0.6 is 11.6 Å². The lowest BCUT2D eigenvalue weighted by atomic mass is 10.4. The number of likely N-dealkylation sites (tertiary alicyclic amines) is 1. The Morgan fingerprint density at radius 2 is 2.17 bits per heavy atom. The van der Waals surface area contributed by atoms with E-state index in [0.29, 0.717) is 12.2 Å². The summed E-state index contributed by atoms with van der Waals surface area (Å²) in [5, 5.41) is 7.46. The second-order valence-electron chi connectivity index (χ2n) is 4.47. The van der Waals surface area contributed by atoms with Gasteiger partial charge in [0.1, 0.15) is 5.02 Å². The molecular weight excluding hydrogens is 252 g/mol. The van der Waals surface area contributed by atoms with Gasteiger partial charge in [-0.05, 0) is 32.9 Å². The van der Waals surface area contributed by atoms with E-state index < -0.39 is 0 Å². The Hall–Kier alpha value is -1.07. The fourth-order valence-electron chi connectivity index (χ4n) is 2.17. The number of anilines is 1. The average molecular weight is 271 g/mol. The molecule has 1 N–H and O–H groups in total. The second-order valence-corrected chi connectivity index (χ2v) is 4.85. The fraction of sp³-hybridized carbons (Fsp3) is 0.667. The Balaban J connectivity index is 1.93. The molecule has 0 unspecified atom stereocenters. The summed E-state index contributed by atoms with van der Waals surface area (Å²) in [5.41, 5.74) is 0.399. The van der Waals surface area contributed by atoms with Gasteiger partial charge >= 0.3 is 0 Å². The molecule has 1 aromatic rings. The van der Waals surface area contributed by atoms with Crippen molar-refractivity contribution in [1.29, 1.82) is 0 Å². The largest absolute Gasteiger partial charge is 0.381 e. The number of hydrogen-bond donors (Lipinski definition) is 1. The van der Waals surface area contributed by atoms with Crippen molar-refractivity contribution in [3.8, 4) is 0 Å². The minimum Gasteiger partial charge on any atom is -0.381 e. The van der Waals surface area contributed by atoms with Crippen LogP contribution in [0.3, 0.4) is 0 Å². The molecule has 0 spiro atoms. The van der Waals surface area contributed by atoms with E-state index >= 15 is 0 Å². The lowest BCUT2D eigenvalue weighted by Gasteiger charge is -2.15. The third-order valence-corrected chi connectivity index (χ3v) is 3.59. The van der Waals surface area contributed by atoms with Crippen molar-refractivity contribution in [3.05, 3.63) is 21.6 Å². The highest BCUT2D eigenvalue weighted by Gasteiger charge is 2.12. The third-order valence-electron chi connectivity index (χ3n) is 3.23. The van der Waals surface area contributed by atoms with Crippen LogP contribution in [-0.4, -0.2) is 40.9 Å². The van der Waals surface area contributed by atoms with Crippen molar-refractivity contribution >= 4 is 17.3 Å². The van der Waals surface area contributed by atoms with E-state index in [1.807, 2.05) is 6.92 Å². The van der Waals surface area contributed by atoms with Gasteiger partial charge in [0.2, 0.25) is 0 Å². The smallest absolute Gasteiger partial charge is 0.287 e. The summed E-state index contributed by atoms with van der Waals surface area (Å²) in [4.78, 5) is 14.2. The number of nitrogens with zero attached hydrogens (tertiary/aromatic N) is 3. The molecule has 100 valence electrons. The maximum absolute atomic E-state index is 11.8. The van der Waals surface area contributed by atoms with Crippen LogP contribution in [0, 0.1) is 0 Å². The Morgan fingerprint density at radius 1 is 1.44 bits per heavy atom. The molecule has 0 amide bonds. The van der Waals surface area contributed by atoms with Crippen LogP contribution in [0.15, 0.2) is 11.0 Å². The molecule has 0 aromatic carbocycles. The van der Waals surface area contributed by atoms with Crippen LogP contribution in [0.4, 0.5) is 5.69 Å². The average Bonchev–Trinajstić information content (AvgIpc) is 2.88. The topological polar surface area (TPSA) is 50.2 Å². The molecule has 0 saturated carbocycles. The van der Waals surface area contributed by atoms with Crippen molar-refractivity contribution in [2.75, 3.05) is 31.5 Å². The van der Waals surface area contributed by atoms with E-state index in [1.54, 1.807) is 6.20 Å². The number of aryl methyl sites for hydroxylation is 1. The zero-order chi connectivity index (χ0) is 13.0. The first-order valence-corrected chi connectivity index (χ1v) is 6.82. The van der Waals surface area contributed by atoms with Gasteiger partial charge in [0.15, 0.2) is 0 Å². The van der Waals surface area contributed by atoms with Gasteiger partial charge in [0, 0.05) is 19.6 Å². The zero-order valence-electron chi connectivity index (χ0n) is 10.7. The van der Waals surface area contributed by atoms with Crippen molar-refractivity contribution in [3.63, 3.8) is 0 Å². The normalized spacial score (nSPS) is 16.1. The number of hydrogen-bond acceptors (Lipinski definition) is 4. The molecule has 1 aliphatic heterocycles. The van der Waals surface area contributed by atoms with Crippen LogP contribution < -0.4 is 10.9 Å². The highest BCUT2D eigenvalue weighted by Crippen LogP contribution is 2.15. The van der Waals surface area contributed by atoms with Gasteiger partial charge < -0.3 is 10.2 Å². The quantitative estimate of drug-likeness (QED) is 0.879. The Kier molecular flexibility index (Phi) is 4.60. The van der Waals surface area contributed by atoms with Gasteiger partial charge in [-0.15, -0.1) is 0 Å². The van der Waals surface area contributed by atoms with Gasteiger partial charge in [-0.3, -0.25) is 4.79 Å². The summed E-state index contributed by atoms with van der Waals surface area (Å²) in [6, 6.07) is 0. The Bertz CT molecular complexity index is 454. The number of rotatable bonds is 5. The van der Waals surface area contributed by atoms with E-state index in [-0.39, 0.29) is 10.6 Å². The predicted molar refractivity (Wildman–Crippen MR) is 73.3 cm³/mol. The molecule has 0 radical (unpaired) electrons. The summed E-state index contributed by atoms with van der Waals surface area (Å²) < 4.78 is 1.36. The molecular formula is C12H19ClN4O. The van der Waals surface area contributed by atoms with Crippen molar-refractivity contribution in [2.45, 2.75) is 26.3 Å². The predicted octanol–water partition coefficient (Wildman–Crippen LogP) is 1.42. The molecule has 1 fully saturated rings. The minimum absolute atomic E-state index is 0.230. The Labute approximate surface area is 112 Å². The minimum atomic E-state index is -0.231. The van der Waals surface area contributed by atoms with Crippen molar-refractivity contribution < 1.29 is 0 Å². The van der Waals surface area contributed by atoms with Crippen LogP contribution in [0.25, 0.3) is 0 Å². The Morgan fingerprint density at radius 3 is 2.83 bits per heavy atom. The number of aromatic nitrogens is 2. The molecule has 0 atom stereocenters. The monoisotopic (exact) mass is 270 g/mol. The molecule has 0 aliphatic carbocycles. The second kappa shape index (κ2) is 6.20. The summed E-state index contributed by atoms with van der Waals surface area (Å²) >= 11 is 6.02. The van der Waals surface area contributed by atoms with E-state index in [2.05, 4.69) is 15.3 Å². The van der Waals surface area contributed by atoms with Gasteiger partial charge in [-0.1, -0.05) is 11.6 Å². The van der Waals surface area contributed by atoms with E-state index in [9.17, 15) is 4.79 Å². The van der Waals surface area contributed by atoms with E-state index in [1.165, 1.54) is 30.6 Å². The molecule has 18 heavy (non-hydrogen) atoms. The van der Waals surface area contributed by atoms with E-state index in [4.69, 9.17) is 11.6 Å². The first-order valence-electron chi connectivity index (χ1n) is 6.44. The molecule has 1 saturated heterocycles. The van der Waals surface area contributed by atoms with Gasteiger partial charge in [0.25, 0.3) is 5.56 Å². The zero-order valence-corrected chi connectivity index (χ0v) is 11.4. The fourth-order valence-corrected chi connectivity index (χ4v) is 2.38. The molecule has 0 bridgehead atoms. The summed E-state index contributed by atoms with van der Waals surface area (Å²) in [5.74, 6) is 0. The van der Waals surface area contributed by atoms with Crippen molar-refractivity contribution in [1.82, 2.24) is 14.7 Å². The molecule has 2 rings (SSSR count). The van der Waals surface area contributed by atoms with Crippen LogP contribution in [-0.2, 0) is 6.54 Å². The molecule has 6 heteroatoms. The standard InChI is InChI=1S/C12H19ClN4O/c1-2-17-12(18)11(13)10(9-15-17)14-5-8-16-6-3-4-7-16/h9,14H,2-8H2,1H3. The highest BCUT2D eigenvalue weighted by atomic mass is 35.5. The maximum atomic E-state index is 11.8. The van der Waals surface area contributed by atoms with Crippen LogP contribution in [0.5, 0.6) is 0 Å². The summed E-state index contributed by atoms with van der Waals surface area (Å²) in [6.45, 7) is 6.51. The van der Waals surface area contributed by atoms with Crippen molar-refractivity contribution in [2.24, 2.45) is 0 Å². The van der Waals surface area contributed by atoms with Gasteiger partial charge in [0.05, 0.1) is 11.9 Å². The third kappa shape index (κ3) is 3.03. The summed E-state index contributed by atoms with van der Waals surface area (Å²) in [6.07, 6.45) is 4.20. The lowest BCUT2D eigenvalue weighted by molar-refractivity contribution is 0.352. The van der Waals surface area contributed by atoms with E-state index in [0.717, 1.165) is 13.1 Å². The SMILES string of the molecule is CCn1ncc(NCCN2CCCC2)c(Cl)c1=O. The molecule has 1 aliphatic rings. The first kappa shape index (κ1) is 13.4. The van der Waals surface area contributed by atoms with Crippen LogP contribution in [0.1, 0.15) is 19.8 Å². The lowest BCUT2D eigenvalue weighted by Crippen LogP contribution is -2.27. The molecule has 5 nitrogen and oxygen atoms in total. The van der Waals surface area contributed by atoms with Gasteiger partial charge in [-0.2, -0.15) is 5.10 Å². The van der Waals surface area contributed by atoms with Gasteiger partial charge in [-0.25, -0.2) is 4.68 Å². The highest BCUT2D eigenvalue weighted by molar-refractivity contribution is 6.32. The first-order chi connectivity index (χ1) is 8.72. The number of halogens is 1. The molecule has 1 aromatic heterocycles.